The lowest BCUT2D eigenvalue weighted by Gasteiger charge is -2.23. The minimum absolute atomic E-state index is 0.0525. The van der Waals surface area contributed by atoms with Crippen LogP contribution in [0.2, 0.25) is 0 Å². The molecule has 0 aromatic heterocycles. The number of rotatable bonds is 6. The van der Waals surface area contributed by atoms with Crippen molar-refractivity contribution in [1.82, 2.24) is 10.2 Å². The predicted molar refractivity (Wildman–Crippen MR) is 70.6 cm³/mol. The van der Waals surface area contributed by atoms with E-state index in [1.54, 1.807) is 0 Å². The van der Waals surface area contributed by atoms with Crippen molar-refractivity contribution in [1.29, 1.82) is 0 Å². The molecule has 0 aromatic carbocycles. The standard InChI is InChI=1S/C12H24N2OS/c1-9(2)7-11-12(15)14(8-13-11)10(3)5-6-16-4/h9-11,13H,5-8H2,1-4H3. The average molecular weight is 244 g/mol. The van der Waals surface area contributed by atoms with Gasteiger partial charge >= 0.3 is 0 Å². The lowest BCUT2D eigenvalue weighted by Crippen LogP contribution is -2.37. The number of amides is 1. The Morgan fingerprint density at radius 2 is 2.19 bits per heavy atom. The van der Waals surface area contributed by atoms with E-state index in [0.29, 0.717) is 17.9 Å². The van der Waals surface area contributed by atoms with Crippen molar-refractivity contribution >= 4 is 17.7 Å². The molecule has 1 rings (SSSR count). The van der Waals surface area contributed by atoms with Crippen LogP contribution in [0, 0.1) is 5.92 Å². The highest BCUT2D eigenvalue weighted by Crippen LogP contribution is 2.17. The minimum Gasteiger partial charge on any atom is -0.326 e. The third-order valence-corrected chi connectivity index (χ3v) is 3.71. The van der Waals surface area contributed by atoms with Crippen molar-refractivity contribution < 1.29 is 4.79 Å². The second-order valence-electron chi connectivity index (χ2n) is 4.98. The fourth-order valence-electron chi connectivity index (χ4n) is 2.05. The van der Waals surface area contributed by atoms with E-state index in [4.69, 9.17) is 0 Å². The smallest absolute Gasteiger partial charge is 0.241 e. The van der Waals surface area contributed by atoms with Gasteiger partial charge in [0.2, 0.25) is 5.91 Å². The maximum atomic E-state index is 12.1. The molecule has 1 fully saturated rings. The molecule has 3 nitrogen and oxygen atoms in total. The molecule has 1 aliphatic heterocycles. The van der Waals surface area contributed by atoms with Gasteiger partial charge in [0.15, 0.2) is 0 Å². The second kappa shape index (κ2) is 6.50. The zero-order chi connectivity index (χ0) is 12.1. The van der Waals surface area contributed by atoms with Crippen molar-refractivity contribution in [3.05, 3.63) is 0 Å². The molecule has 4 heteroatoms. The normalized spacial score (nSPS) is 23.2. The summed E-state index contributed by atoms with van der Waals surface area (Å²) in [6.45, 7) is 7.20. The van der Waals surface area contributed by atoms with E-state index >= 15 is 0 Å². The molecular weight excluding hydrogens is 220 g/mol. The molecule has 0 spiro atoms. The number of nitrogens with zero attached hydrogens (tertiary/aromatic N) is 1. The monoisotopic (exact) mass is 244 g/mol. The van der Waals surface area contributed by atoms with Crippen LogP contribution in [-0.2, 0) is 4.79 Å². The molecule has 2 unspecified atom stereocenters. The van der Waals surface area contributed by atoms with Gasteiger partial charge in [-0.25, -0.2) is 0 Å². The van der Waals surface area contributed by atoms with Gasteiger partial charge < -0.3 is 4.90 Å². The SMILES string of the molecule is CSCCC(C)N1CNC(CC(C)C)C1=O. The Labute approximate surface area is 103 Å². The number of hydrogen-bond acceptors (Lipinski definition) is 3. The highest BCUT2D eigenvalue weighted by Gasteiger charge is 2.33. The topological polar surface area (TPSA) is 32.3 Å². The number of carbonyl (C=O) groups is 1. The quantitative estimate of drug-likeness (QED) is 0.775. The first-order valence-corrected chi connectivity index (χ1v) is 7.48. The highest BCUT2D eigenvalue weighted by molar-refractivity contribution is 7.98. The van der Waals surface area contributed by atoms with Crippen molar-refractivity contribution in [2.24, 2.45) is 5.92 Å². The van der Waals surface area contributed by atoms with Crippen molar-refractivity contribution in [2.75, 3.05) is 18.7 Å². The van der Waals surface area contributed by atoms with Crippen LogP contribution in [0.3, 0.4) is 0 Å². The van der Waals surface area contributed by atoms with Gasteiger partial charge in [-0.2, -0.15) is 11.8 Å². The molecule has 16 heavy (non-hydrogen) atoms. The Morgan fingerprint density at radius 3 is 2.75 bits per heavy atom. The molecule has 2 atom stereocenters. The van der Waals surface area contributed by atoms with Crippen LogP contribution in [0.5, 0.6) is 0 Å². The van der Waals surface area contributed by atoms with Crippen LogP contribution in [0.4, 0.5) is 0 Å². The lowest BCUT2D eigenvalue weighted by atomic mass is 10.0. The molecule has 1 heterocycles. The second-order valence-corrected chi connectivity index (χ2v) is 5.97. The average Bonchev–Trinajstić information content (AvgIpc) is 2.56. The first-order valence-electron chi connectivity index (χ1n) is 6.09. The summed E-state index contributed by atoms with van der Waals surface area (Å²) < 4.78 is 0. The van der Waals surface area contributed by atoms with Gasteiger partial charge in [-0.1, -0.05) is 13.8 Å². The Kier molecular flexibility index (Phi) is 5.62. The fourth-order valence-corrected chi connectivity index (χ4v) is 2.62. The molecule has 1 amide bonds. The number of hydrogen-bond donors (Lipinski definition) is 1. The third-order valence-electron chi connectivity index (χ3n) is 3.07. The Bertz CT molecular complexity index is 233. The maximum absolute atomic E-state index is 12.1. The van der Waals surface area contributed by atoms with Gasteiger partial charge in [-0.15, -0.1) is 0 Å². The number of nitrogens with one attached hydrogen (secondary N) is 1. The van der Waals surface area contributed by atoms with Crippen LogP contribution in [0.15, 0.2) is 0 Å². The van der Waals surface area contributed by atoms with E-state index in [1.807, 2.05) is 16.7 Å². The molecule has 1 saturated heterocycles. The van der Waals surface area contributed by atoms with E-state index < -0.39 is 0 Å². The van der Waals surface area contributed by atoms with Crippen LogP contribution in [-0.4, -0.2) is 41.6 Å². The van der Waals surface area contributed by atoms with E-state index in [0.717, 1.165) is 25.3 Å². The summed E-state index contributed by atoms with van der Waals surface area (Å²) in [5.41, 5.74) is 0. The van der Waals surface area contributed by atoms with Crippen molar-refractivity contribution in [2.45, 2.75) is 45.7 Å². The van der Waals surface area contributed by atoms with Gasteiger partial charge in [0.1, 0.15) is 0 Å². The molecule has 0 bridgehead atoms. The summed E-state index contributed by atoms with van der Waals surface area (Å²) in [5.74, 6) is 1.99. The van der Waals surface area contributed by atoms with Crippen LogP contribution in [0.25, 0.3) is 0 Å². The van der Waals surface area contributed by atoms with Crippen molar-refractivity contribution in [3.8, 4) is 0 Å². The third kappa shape index (κ3) is 3.67. The maximum Gasteiger partial charge on any atom is 0.241 e. The zero-order valence-corrected chi connectivity index (χ0v) is 11.6. The molecular formula is C12H24N2OS. The molecule has 0 aromatic rings. The van der Waals surface area contributed by atoms with Gasteiger partial charge in [-0.3, -0.25) is 10.1 Å². The number of carbonyl (C=O) groups excluding carboxylic acids is 1. The summed E-state index contributed by atoms with van der Waals surface area (Å²) in [4.78, 5) is 14.1. The molecule has 1 N–H and O–H groups in total. The minimum atomic E-state index is 0.0525. The van der Waals surface area contributed by atoms with Crippen molar-refractivity contribution in [3.63, 3.8) is 0 Å². The summed E-state index contributed by atoms with van der Waals surface area (Å²) in [5, 5.41) is 3.31. The molecule has 94 valence electrons. The molecule has 0 radical (unpaired) electrons. The highest BCUT2D eigenvalue weighted by atomic mass is 32.2. The predicted octanol–water partition coefficient (Wildman–Crippen LogP) is 1.93. The number of thioether (sulfide) groups is 1. The first kappa shape index (κ1) is 13.8. The van der Waals surface area contributed by atoms with Crippen LogP contribution in [0.1, 0.15) is 33.6 Å². The van der Waals surface area contributed by atoms with E-state index in [2.05, 4.69) is 32.3 Å². The van der Waals surface area contributed by atoms with Gasteiger partial charge in [-0.05, 0) is 37.7 Å². The first-order chi connectivity index (χ1) is 7.56. The van der Waals surface area contributed by atoms with Gasteiger partial charge in [0, 0.05) is 6.04 Å². The summed E-state index contributed by atoms with van der Waals surface area (Å²) in [7, 11) is 0. The van der Waals surface area contributed by atoms with E-state index in [-0.39, 0.29) is 6.04 Å². The summed E-state index contributed by atoms with van der Waals surface area (Å²) in [6.07, 6.45) is 4.14. The van der Waals surface area contributed by atoms with Gasteiger partial charge in [0.25, 0.3) is 0 Å². The summed E-state index contributed by atoms with van der Waals surface area (Å²) >= 11 is 1.84. The van der Waals surface area contributed by atoms with Crippen LogP contribution < -0.4 is 5.32 Å². The van der Waals surface area contributed by atoms with E-state index in [9.17, 15) is 4.79 Å². The molecule has 1 aliphatic rings. The summed E-state index contributed by atoms with van der Waals surface area (Å²) in [6, 6.07) is 0.418. The van der Waals surface area contributed by atoms with Crippen LogP contribution >= 0.6 is 11.8 Å². The fraction of sp³-hybridized carbons (Fsp3) is 0.917. The lowest BCUT2D eigenvalue weighted by molar-refractivity contribution is -0.130. The zero-order valence-electron chi connectivity index (χ0n) is 10.8. The molecule has 0 saturated carbocycles. The Hall–Kier alpha value is -0.220. The molecule has 0 aliphatic carbocycles. The largest absolute Gasteiger partial charge is 0.326 e. The van der Waals surface area contributed by atoms with E-state index in [1.165, 1.54) is 0 Å². The Morgan fingerprint density at radius 1 is 1.50 bits per heavy atom. The van der Waals surface area contributed by atoms with Gasteiger partial charge in [0.05, 0.1) is 12.7 Å². The Balaban J connectivity index is 2.43.